The van der Waals surface area contributed by atoms with Crippen molar-refractivity contribution >= 4 is 22.2 Å². The van der Waals surface area contributed by atoms with Gasteiger partial charge in [0.05, 0.1) is 12.3 Å². The lowest BCUT2D eigenvalue weighted by atomic mass is 10.0. The van der Waals surface area contributed by atoms with Gasteiger partial charge in [-0.1, -0.05) is 12.1 Å². The Morgan fingerprint density at radius 3 is 2.88 bits per heavy atom. The molecule has 2 heteroatoms. The summed E-state index contributed by atoms with van der Waals surface area (Å²) in [7, 11) is 0. The van der Waals surface area contributed by atoms with Gasteiger partial charge in [-0.05, 0) is 32.0 Å². The smallest absolute Gasteiger partial charge is 0.127 e. The van der Waals surface area contributed by atoms with Gasteiger partial charge in [0.2, 0.25) is 0 Å². The van der Waals surface area contributed by atoms with Gasteiger partial charge in [-0.25, -0.2) is 0 Å². The third-order valence-corrected chi connectivity index (χ3v) is 2.96. The van der Waals surface area contributed by atoms with E-state index in [-0.39, 0.29) is 0 Å². The standard InChI is InChI=1S/C14H13NO/c1-3-16-13-8-7-10-9(2)15-12-6-4-5-11(13)14(10)12/h4-8H,3H2,1-2H3. The Balaban J connectivity index is 2.36. The van der Waals surface area contributed by atoms with Crippen molar-refractivity contribution in [1.29, 1.82) is 0 Å². The lowest BCUT2D eigenvalue weighted by Crippen LogP contribution is -1.95. The van der Waals surface area contributed by atoms with Crippen molar-refractivity contribution in [3.63, 3.8) is 0 Å². The monoisotopic (exact) mass is 211 g/mol. The summed E-state index contributed by atoms with van der Waals surface area (Å²) in [6.45, 7) is 4.75. The first kappa shape index (κ1) is 9.40. The summed E-state index contributed by atoms with van der Waals surface area (Å²) < 4.78 is 5.64. The van der Waals surface area contributed by atoms with Crippen LogP contribution in [0, 0.1) is 0 Å². The van der Waals surface area contributed by atoms with Crippen molar-refractivity contribution < 1.29 is 4.74 Å². The molecule has 0 saturated carbocycles. The first-order valence-electron chi connectivity index (χ1n) is 5.55. The van der Waals surface area contributed by atoms with Gasteiger partial charge in [-0.3, -0.25) is 4.99 Å². The van der Waals surface area contributed by atoms with E-state index in [1.807, 2.05) is 19.1 Å². The molecular weight excluding hydrogens is 198 g/mol. The van der Waals surface area contributed by atoms with E-state index in [1.165, 1.54) is 10.9 Å². The SMILES string of the molecule is CCOc1ccc2c3c(cccc13)N=C2C. The fourth-order valence-electron chi connectivity index (χ4n) is 2.28. The molecule has 16 heavy (non-hydrogen) atoms. The van der Waals surface area contributed by atoms with Crippen molar-refractivity contribution in [1.82, 2.24) is 0 Å². The Hall–Kier alpha value is -1.83. The fourth-order valence-corrected chi connectivity index (χ4v) is 2.28. The molecule has 0 aromatic heterocycles. The molecule has 0 radical (unpaired) electrons. The molecule has 1 aliphatic rings. The lowest BCUT2D eigenvalue weighted by molar-refractivity contribution is 0.344. The molecule has 0 atom stereocenters. The summed E-state index contributed by atoms with van der Waals surface area (Å²) in [5.41, 5.74) is 3.38. The molecule has 1 heterocycles. The molecule has 0 saturated heterocycles. The van der Waals surface area contributed by atoms with Gasteiger partial charge in [-0.15, -0.1) is 0 Å². The molecule has 0 amide bonds. The van der Waals surface area contributed by atoms with Crippen LogP contribution >= 0.6 is 0 Å². The van der Waals surface area contributed by atoms with E-state index in [2.05, 4.69) is 30.1 Å². The van der Waals surface area contributed by atoms with Crippen molar-refractivity contribution in [2.75, 3.05) is 6.61 Å². The molecule has 1 aliphatic heterocycles. The first-order valence-corrected chi connectivity index (χ1v) is 5.55. The van der Waals surface area contributed by atoms with Crippen molar-refractivity contribution in [3.05, 3.63) is 35.9 Å². The average Bonchev–Trinajstić information content (AvgIpc) is 2.61. The van der Waals surface area contributed by atoms with Crippen LogP contribution in [-0.2, 0) is 0 Å². The second kappa shape index (κ2) is 3.34. The molecule has 3 rings (SSSR count). The predicted octanol–water partition coefficient (Wildman–Crippen LogP) is 3.69. The van der Waals surface area contributed by atoms with E-state index in [0.29, 0.717) is 6.61 Å². The summed E-state index contributed by atoms with van der Waals surface area (Å²) in [4.78, 5) is 4.56. The van der Waals surface area contributed by atoms with Crippen molar-refractivity contribution in [3.8, 4) is 5.75 Å². The Kier molecular flexibility index (Phi) is 1.96. The maximum atomic E-state index is 5.64. The topological polar surface area (TPSA) is 21.6 Å². The normalized spacial score (nSPS) is 13.0. The highest BCUT2D eigenvalue weighted by atomic mass is 16.5. The number of aliphatic imine (C=N–C) groups is 1. The number of benzene rings is 2. The summed E-state index contributed by atoms with van der Waals surface area (Å²) in [5.74, 6) is 0.952. The highest BCUT2D eigenvalue weighted by Gasteiger charge is 2.17. The average molecular weight is 211 g/mol. The second-order valence-corrected chi connectivity index (χ2v) is 3.94. The van der Waals surface area contributed by atoms with E-state index in [4.69, 9.17) is 4.74 Å². The third-order valence-electron chi connectivity index (χ3n) is 2.96. The van der Waals surface area contributed by atoms with Crippen LogP contribution in [0.3, 0.4) is 0 Å². The zero-order valence-corrected chi connectivity index (χ0v) is 9.45. The molecule has 80 valence electrons. The van der Waals surface area contributed by atoms with Crippen LogP contribution in [0.4, 0.5) is 5.69 Å². The number of nitrogens with zero attached hydrogens (tertiary/aromatic N) is 1. The highest BCUT2D eigenvalue weighted by Crippen LogP contribution is 2.39. The van der Waals surface area contributed by atoms with Crippen LogP contribution in [0.2, 0.25) is 0 Å². The minimum atomic E-state index is 0.693. The minimum Gasteiger partial charge on any atom is -0.493 e. The van der Waals surface area contributed by atoms with Gasteiger partial charge in [-0.2, -0.15) is 0 Å². The molecule has 2 aromatic carbocycles. The third kappa shape index (κ3) is 1.16. The first-order chi connectivity index (χ1) is 7.81. The molecule has 0 N–H and O–H groups in total. The van der Waals surface area contributed by atoms with Gasteiger partial charge < -0.3 is 4.74 Å². The zero-order valence-electron chi connectivity index (χ0n) is 9.45. The molecule has 0 spiro atoms. The largest absolute Gasteiger partial charge is 0.493 e. The fraction of sp³-hybridized carbons (Fsp3) is 0.214. The van der Waals surface area contributed by atoms with E-state index in [0.717, 1.165) is 22.5 Å². The number of hydrogen-bond donors (Lipinski definition) is 0. The highest BCUT2D eigenvalue weighted by molar-refractivity contribution is 6.20. The van der Waals surface area contributed by atoms with Crippen LogP contribution in [0.15, 0.2) is 35.3 Å². The van der Waals surface area contributed by atoms with Gasteiger partial charge in [0.25, 0.3) is 0 Å². The van der Waals surface area contributed by atoms with E-state index in [1.54, 1.807) is 0 Å². The van der Waals surface area contributed by atoms with Crippen LogP contribution in [0.5, 0.6) is 5.75 Å². The number of hydrogen-bond acceptors (Lipinski definition) is 2. The Morgan fingerprint density at radius 1 is 1.19 bits per heavy atom. The number of ether oxygens (including phenoxy) is 1. The Morgan fingerprint density at radius 2 is 2.06 bits per heavy atom. The quantitative estimate of drug-likeness (QED) is 0.742. The summed E-state index contributed by atoms with van der Waals surface area (Å²) in [5, 5.41) is 2.39. The van der Waals surface area contributed by atoms with Gasteiger partial charge in [0, 0.05) is 22.0 Å². The molecular formula is C14H13NO. The molecule has 0 aliphatic carbocycles. The van der Waals surface area contributed by atoms with Gasteiger partial charge >= 0.3 is 0 Å². The predicted molar refractivity (Wildman–Crippen MR) is 67.0 cm³/mol. The van der Waals surface area contributed by atoms with Crippen molar-refractivity contribution in [2.45, 2.75) is 13.8 Å². The summed E-state index contributed by atoms with van der Waals surface area (Å²) >= 11 is 0. The van der Waals surface area contributed by atoms with Gasteiger partial charge in [0.15, 0.2) is 0 Å². The van der Waals surface area contributed by atoms with Crippen LogP contribution < -0.4 is 4.74 Å². The molecule has 0 unspecified atom stereocenters. The van der Waals surface area contributed by atoms with E-state index >= 15 is 0 Å². The second-order valence-electron chi connectivity index (χ2n) is 3.94. The summed E-state index contributed by atoms with van der Waals surface area (Å²) in [6.07, 6.45) is 0. The summed E-state index contributed by atoms with van der Waals surface area (Å²) in [6, 6.07) is 10.3. The molecule has 2 aromatic rings. The Bertz CT molecular complexity index is 599. The molecule has 0 bridgehead atoms. The maximum Gasteiger partial charge on any atom is 0.127 e. The lowest BCUT2D eigenvalue weighted by Gasteiger charge is -2.08. The van der Waals surface area contributed by atoms with E-state index in [9.17, 15) is 0 Å². The van der Waals surface area contributed by atoms with Crippen LogP contribution in [0.1, 0.15) is 19.4 Å². The molecule has 0 fully saturated rings. The van der Waals surface area contributed by atoms with Gasteiger partial charge in [0.1, 0.15) is 5.75 Å². The minimum absolute atomic E-state index is 0.693. The zero-order chi connectivity index (χ0) is 11.1. The van der Waals surface area contributed by atoms with Crippen molar-refractivity contribution in [2.24, 2.45) is 4.99 Å². The van der Waals surface area contributed by atoms with E-state index < -0.39 is 0 Å². The molecule has 2 nitrogen and oxygen atoms in total. The van der Waals surface area contributed by atoms with Crippen LogP contribution in [0.25, 0.3) is 10.8 Å². The van der Waals surface area contributed by atoms with Crippen LogP contribution in [-0.4, -0.2) is 12.3 Å². The maximum absolute atomic E-state index is 5.64. The number of rotatable bonds is 2. The Labute approximate surface area is 94.6 Å².